The summed E-state index contributed by atoms with van der Waals surface area (Å²) in [6.07, 6.45) is 0. The predicted molar refractivity (Wildman–Crippen MR) is 42.5 cm³/mol. The molecule has 0 aliphatic carbocycles. The van der Waals surface area contributed by atoms with E-state index in [2.05, 4.69) is 0 Å². The number of carboxylic acid groups (broad SMARTS) is 1. The molecule has 1 aromatic rings. The summed E-state index contributed by atoms with van der Waals surface area (Å²) in [6, 6.07) is 2.31. The number of rotatable bonds is 1. The Kier molecular flexibility index (Phi) is 4.66. The summed E-state index contributed by atoms with van der Waals surface area (Å²) in [4.78, 5) is 10.3. The molecule has 0 spiro atoms. The van der Waals surface area contributed by atoms with Crippen LogP contribution in [-0.4, -0.2) is 11.1 Å². The number of aromatic hydroxyl groups is 1. The van der Waals surface area contributed by atoms with Gasteiger partial charge in [0.05, 0.1) is 11.0 Å². The quantitative estimate of drug-likeness (QED) is 0.552. The predicted octanol–water partition coefficient (Wildman–Crippen LogP) is -1.93. The minimum atomic E-state index is -1.52. The Morgan fingerprint density at radius 2 is 1.92 bits per heavy atom. The molecule has 1 N–H and O–H groups in total. The Hall–Kier alpha value is -0.333. The molecule has 0 amide bonds. The number of halogens is 2. The monoisotopic (exact) mass is 212 g/mol. The zero-order chi connectivity index (χ0) is 9.30. The Balaban J connectivity index is 0.00000144. The molecule has 0 saturated carbocycles. The molecule has 1 aromatic carbocycles. The summed E-state index contributed by atoms with van der Waals surface area (Å²) in [5.41, 5.74) is -0.410. The van der Waals surface area contributed by atoms with Gasteiger partial charge in [-0.25, -0.2) is 0 Å². The SMILES string of the molecule is O=C([O-])c1cc(Cl)cc(Cl)c1O.[Li+]. The van der Waals surface area contributed by atoms with Gasteiger partial charge in [0.25, 0.3) is 0 Å². The van der Waals surface area contributed by atoms with Crippen LogP contribution in [0, 0.1) is 0 Å². The van der Waals surface area contributed by atoms with Crippen LogP contribution in [-0.2, 0) is 0 Å². The third-order valence-corrected chi connectivity index (χ3v) is 1.75. The van der Waals surface area contributed by atoms with Crippen LogP contribution in [0.1, 0.15) is 10.4 Å². The Bertz CT molecular complexity index is 341. The van der Waals surface area contributed by atoms with Crippen molar-refractivity contribution in [1.82, 2.24) is 0 Å². The number of carbonyl (C=O) groups is 1. The van der Waals surface area contributed by atoms with Crippen molar-refractivity contribution >= 4 is 29.2 Å². The number of hydrogen-bond donors (Lipinski definition) is 1. The van der Waals surface area contributed by atoms with Crippen LogP contribution < -0.4 is 24.0 Å². The average Bonchev–Trinajstić information content (AvgIpc) is 1.96. The van der Waals surface area contributed by atoms with Crippen molar-refractivity contribution in [2.45, 2.75) is 0 Å². The van der Waals surface area contributed by atoms with Gasteiger partial charge in [-0.3, -0.25) is 0 Å². The van der Waals surface area contributed by atoms with Crippen molar-refractivity contribution in [3.63, 3.8) is 0 Å². The van der Waals surface area contributed by atoms with Gasteiger partial charge in [-0.2, -0.15) is 0 Å². The third-order valence-electron chi connectivity index (χ3n) is 1.25. The van der Waals surface area contributed by atoms with E-state index in [-0.39, 0.29) is 28.9 Å². The van der Waals surface area contributed by atoms with E-state index in [1.807, 2.05) is 0 Å². The number of carboxylic acids is 1. The second-order valence-electron chi connectivity index (χ2n) is 2.07. The first-order valence-corrected chi connectivity index (χ1v) is 3.67. The van der Waals surface area contributed by atoms with Crippen molar-refractivity contribution in [2.75, 3.05) is 0 Å². The molecule has 0 aliphatic heterocycles. The second kappa shape index (κ2) is 4.78. The molecular formula is C7H3Cl2LiO3. The molecule has 0 atom stereocenters. The van der Waals surface area contributed by atoms with Crippen LogP contribution in [0.25, 0.3) is 0 Å². The van der Waals surface area contributed by atoms with Crippen molar-refractivity contribution in [3.8, 4) is 5.75 Å². The number of benzene rings is 1. The third kappa shape index (κ3) is 2.82. The smallest absolute Gasteiger partial charge is 0.545 e. The number of phenols is 1. The van der Waals surface area contributed by atoms with Gasteiger partial charge >= 0.3 is 18.9 Å². The van der Waals surface area contributed by atoms with E-state index in [0.717, 1.165) is 6.07 Å². The molecule has 0 bridgehead atoms. The number of hydrogen-bond acceptors (Lipinski definition) is 3. The fraction of sp³-hybridized carbons (Fsp3) is 0. The molecule has 0 aliphatic rings. The van der Waals surface area contributed by atoms with E-state index in [1.54, 1.807) is 0 Å². The largest absolute Gasteiger partial charge is 1.00 e. The molecule has 0 saturated heterocycles. The van der Waals surface area contributed by atoms with E-state index in [0.29, 0.717) is 0 Å². The van der Waals surface area contributed by atoms with Crippen LogP contribution in [0.5, 0.6) is 5.75 Å². The van der Waals surface area contributed by atoms with Gasteiger partial charge in [0.2, 0.25) is 0 Å². The molecule has 1 rings (SSSR count). The van der Waals surface area contributed by atoms with Gasteiger partial charge in [-0.05, 0) is 12.1 Å². The van der Waals surface area contributed by atoms with Crippen molar-refractivity contribution in [2.24, 2.45) is 0 Å². The minimum Gasteiger partial charge on any atom is -0.545 e. The Morgan fingerprint density at radius 1 is 1.38 bits per heavy atom. The van der Waals surface area contributed by atoms with Crippen LogP contribution in [0.4, 0.5) is 0 Å². The molecule has 3 nitrogen and oxygen atoms in total. The van der Waals surface area contributed by atoms with Gasteiger partial charge in [0.15, 0.2) is 0 Å². The fourth-order valence-electron chi connectivity index (χ4n) is 0.722. The molecule has 6 heteroatoms. The summed E-state index contributed by atoms with van der Waals surface area (Å²) in [5.74, 6) is -2.04. The molecule has 64 valence electrons. The zero-order valence-corrected chi connectivity index (χ0v) is 8.19. The molecule has 0 radical (unpaired) electrons. The summed E-state index contributed by atoms with van der Waals surface area (Å²) in [7, 11) is 0. The first-order valence-electron chi connectivity index (χ1n) is 2.91. The zero-order valence-electron chi connectivity index (χ0n) is 6.67. The van der Waals surface area contributed by atoms with E-state index < -0.39 is 17.3 Å². The maximum absolute atomic E-state index is 10.3. The maximum atomic E-state index is 10.3. The maximum Gasteiger partial charge on any atom is 1.00 e. The normalized spacial score (nSPS) is 9.08. The summed E-state index contributed by atoms with van der Waals surface area (Å²) < 4.78 is 0. The summed E-state index contributed by atoms with van der Waals surface area (Å²) >= 11 is 10.9. The average molecular weight is 213 g/mol. The van der Waals surface area contributed by atoms with E-state index in [9.17, 15) is 9.90 Å². The van der Waals surface area contributed by atoms with Crippen LogP contribution in [0.2, 0.25) is 10.0 Å². The summed E-state index contributed by atoms with van der Waals surface area (Å²) in [5, 5.41) is 19.4. The van der Waals surface area contributed by atoms with Crippen molar-refractivity contribution in [3.05, 3.63) is 27.7 Å². The standard InChI is InChI=1S/C7H4Cl2O3.Li/c8-3-1-4(7(11)12)6(10)5(9)2-3;/h1-2,10H,(H,11,12);/q;+1/p-1. The van der Waals surface area contributed by atoms with Crippen molar-refractivity contribution in [1.29, 1.82) is 0 Å². The topological polar surface area (TPSA) is 60.4 Å². The number of aromatic carboxylic acids is 1. The number of carbonyl (C=O) groups excluding carboxylic acids is 1. The van der Waals surface area contributed by atoms with Crippen LogP contribution in [0.3, 0.4) is 0 Å². The Morgan fingerprint density at radius 3 is 2.38 bits per heavy atom. The minimum absolute atomic E-state index is 0. The summed E-state index contributed by atoms with van der Waals surface area (Å²) in [6.45, 7) is 0. The van der Waals surface area contributed by atoms with E-state index in [1.165, 1.54) is 6.07 Å². The Labute approximate surface area is 96.5 Å². The second-order valence-corrected chi connectivity index (χ2v) is 2.91. The van der Waals surface area contributed by atoms with Crippen LogP contribution >= 0.6 is 23.2 Å². The van der Waals surface area contributed by atoms with E-state index in [4.69, 9.17) is 28.3 Å². The van der Waals surface area contributed by atoms with Gasteiger partial charge in [-0.1, -0.05) is 23.2 Å². The molecule has 0 unspecified atom stereocenters. The first kappa shape index (κ1) is 12.7. The van der Waals surface area contributed by atoms with E-state index >= 15 is 0 Å². The van der Waals surface area contributed by atoms with Gasteiger partial charge in [0, 0.05) is 10.6 Å². The molecule has 13 heavy (non-hydrogen) atoms. The molecule has 0 fully saturated rings. The fourth-order valence-corrected chi connectivity index (χ4v) is 1.21. The van der Waals surface area contributed by atoms with Gasteiger partial charge in [-0.15, -0.1) is 0 Å². The molecule has 0 heterocycles. The van der Waals surface area contributed by atoms with Gasteiger partial charge in [0.1, 0.15) is 5.75 Å². The first-order chi connectivity index (χ1) is 5.52. The molecule has 0 aromatic heterocycles. The molecular weight excluding hydrogens is 210 g/mol. The van der Waals surface area contributed by atoms with Crippen molar-refractivity contribution < 1.29 is 33.9 Å². The van der Waals surface area contributed by atoms with Crippen LogP contribution in [0.15, 0.2) is 12.1 Å². The van der Waals surface area contributed by atoms with Gasteiger partial charge < -0.3 is 15.0 Å².